The van der Waals surface area contributed by atoms with Gasteiger partial charge in [-0.1, -0.05) is 6.92 Å². The van der Waals surface area contributed by atoms with Crippen LogP contribution in [0.4, 0.5) is 5.82 Å². The van der Waals surface area contributed by atoms with Crippen molar-refractivity contribution in [3.63, 3.8) is 0 Å². The Morgan fingerprint density at radius 1 is 1.53 bits per heavy atom. The molecule has 92 valence electrons. The summed E-state index contributed by atoms with van der Waals surface area (Å²) in [4.78, 5) is 17.7. The van der Waals surface area contributed by atoms with Crippen LogP contribution in [0.25, 0.3) is 0 Å². The molecule has 1 aliphatic rings. The number of aromatic carboxylic acids is 1. The first kappa shape index (κ1) is 11.9. The number of hydrogen-bond acceptors (Lipinski definition) is 3. The van der Waals surface area contributed by atoms with Gasteiger partial charge in [0.2, 0.25) is 0 Å². The van der Waals surface area contributed by atoms with Gasteiger partial charge in [0, 0.05) is 18.3 Å². The fourth-order valence-corrected chi connectivity index (χ4v) is 2.03. The molecule has 0 aliphatic heterocycles. The molecule has 0 bridgehead atoms. The van der Waals surface area contributed by atoms with E-state index in [2.05, 4.69) is 16.8 Å². The molecule has 1 heterocycles. The SMILES string of the molecule is CCCN(c1cc(C(=O)O)cc(C)n1)C1CC1. The molecule has 0 unspecified atom stereocenters. The number of carbonyl (C=O) groups is 1. The normalized spacial score (nSPS) is 14.7. The second-order valence-electron chi connectivity index (χ2n) is 4.59. The first-order valence-electron chi connectivity index (χ1n) is 6.10. The Hall–Kier alpha value is -1.58. The third-order valence-electron chi connectivity index (χ3n) is 2.93. The topological polar surface area (TPSA) is 53.4 Å². The van der Waals surface area contributed by atoms with Crippen LogP contribution in [0.15, 0.2) is 12.1 Å². The van der Waals surface area contributed by atoms with Crippen LogP contribution in [0, 0.1) is 6.92 Å². The molecule has 1 saturated carbocycles. The maximum Gasteiger partial charge on any atom is 0.335 e. The first-order chi connectivity index (χ1) is 8.11. The zero-order valence-electron chi connectivity index (χ0n) is 10.3. The van der Waals surface area contributed by atoms with Gasteiger partial charge in [0.25, 0.3) is 0 Å². The van der Waals surface area contributed by atoms with Crippen molar-refractivity contribution in [2.75, 3.05) is 11.4 Å². The smallest absolute Gasteiger partial charge is 0.335 e. The number of aryl methyl sites for hydroxylation is 1. The molecule has 0 atom stereocenters. The quantitative estimate of drug-likeness (QED) is 0.850. The molecule has 0 radical (unpaired) electrons. The first-order valence-corrected chi connectivity index (χ1v) is 6.10. The highest BCUT2D eigenvalue weighted by Gasteiger charge is 2.29. The van der Waals surface area contributed by atoms with Gasteiger partial charge in [-0.15, -0.1) is 0 Å². The lowest BCUT2D eigenvalue weighted by Crippen LogP contribution is -2.27. The molecule has 2 rings (SSSR count). The van der Waals surface area contributed by atoms with Crippen LogP contribution in [-0.2, 0) is 0 Å². The van der Waals surface area contributed by atoms with Gasteiger partial charge in [-0.3, -0.25) is 0 Å². The average Bonchev–Trinajstić information content (AvgIpc) is 3.08. The lowest BCUT2D eigenvalue weighted by molar-refractivity contribution is 0.0696. The summed E-state index contributed by atoms with van der Waals surface area (Å²) in [6.07, 6.45) is 3.44. The summed E-state index contributed by atoms with van der Waals surface area (Å²) in [5, 5.41) is 9.05. The third kappa shape index (κ3) is 2.75. The second-order valence-corrected chi connectivity index (χ2v) is 4.59. The highest BCUT2D eigenvalue weighted by atomic mass is 16.4. The fraction of sp³-hybridized carbons (Fsp3) is 0.538. The van der Waals surface area contributed by atoms with E-state index < -0.39 is 5.97 Å². The standard InChI is InChI=1S/C13H18N2O2/c1-3-6-15(11-4-5-11)12-8-10(13(16)17)7-9(2)14-12/h7-8,11H,3-6H2,1-2H3,(H,16,17). The third-order valence-corrected chi connectivity index (χ3v) is 2.93. The Balaban J connectivity index is 2.31. The number of pyridine rings is 1. The highest BCUT2D eigenvalue weighted by Crippen LogP contribution is 2.31. The largest absolute Gasteiger partial charge is 0.478 e. The number of nitrogens with zero attached hydrogens (tertiary/aromatic N) is 2. The van der Waals surface area contributed by atoms with E-state index in [0.29, 0.717) is 11.6 Å². The van der Waals surface area contributed by atoms with E-state index in [1.807, 2.05) is 6.92 Å². The van der Waals surface area contributed by atoms with Crippen molar-refractivity contribution < 1.29 is 9.90 Å². The van der Waals surface area contributed by atoms with Crippen molar-refractivity contribution in [2.45, 2.75) is 39.2 Å². The van der Waals surface area contributed by atoms with Gasteiger partial charge >= 0.3 is 5.97 Å². The van der Waals surface area contributed by atoms with E-state index in [1.165, 1.54) is 12.8 Å². The van der Waals surface area contributed by atoms with Crippen molar-refractivity contribution in [3.8, 4) is 0 Å². The van der Waals surface area contributed by atoms with Crippen LogP contribution in [-0.4, -0.2) is 28.6 Å². The van der Waals surface area contributed by atoms with Crippen LogP contribution >= 0.6 is 0 Å². The molecule has 1 aromatic heterocycles. The lowest BCUT2D eigenvalue weighted by Gasteiger charge is -2.23. The van der Waals surface area contributed by atoms with Crippen LogP contribution < -0.4 is 4.90 Å². The lowest BCUT2D eigenvalue weighted by atomic mass is 10.2. The minimum atomic E-state index is -0.885. The van der Waals surface area contributed by atoms with Crippen LogP contribution in [0.1, 0.15) is 42.2 Å². The van der Waals surface area contributed by atoms with Gasteiger partial charge in [-0.25, -0.2) is 9.78 Å². The molecule has 0 amide bonds. The van der Waals surface area contributed by atoms with Gasteiger partial charge in [-0.2, -0.15) is 0 Å². The Kier molecular flexibility index (Phi) is 3.31. The van der Waals surface area contributed by atoms with Crippen molar-refractivity contribution in [1.82, 2.24) is 4.98 Å². The van der Waals surface area contributed by atoms with Crippen LogP contribution in [0.5, 0.6) is 0 Å². The second kappa shape index (κ2) is 4.73. The molecule has 17 heavy (non-hydrogen) atoms. The maximum absolute atomic E-state index is 11.0. The Morgan fingerprint density at radius 2 is 2.24 bits per heavy atom. The summed E-state index contributed by atoms with van der Waals surface area (Å²) in [6.45, 7) is 4.91. The molecule has 1 fully saturated rings. The number of carboxylic acid groups (broad SMARTS) is 1. The van der Waals surface area contributed by atoms with Crippen molar-refractivity contribution in [2.24, 2.45) is 0 Å². The van der Waals surface area contributed by atoms with E-state index in [1.54, 1.807) is 12.1 Å². The summed E-state index contributed by atoms with van der Waals surface area (Å²) in [7, 11) is 0. The molecular weight excluding hydrogens is 216 g/mol. The molecule has 0 saturated heterocycles. The van der Waals surface area contributed by atoms with E-state index >= 15 is 0 Å². The molecule has 1 N–H and O–H groups in total. The van der Waals surface area contributed by atoms with Crippen LogP contribution in [0.3, 0.4) is 0 Å². The molecule has 0 aromatic carbocycles. The number of rotatable bonds is 5. The Labute approximate surface area is 101 Å². The van der Waals surface area contributed by atoms with Gasteiger partial charge < -0.3 is 10.0 Å². The molecule has 0 spiro atoms. The number of hydrogen-bond donors (Lipinski definition) is 1. The summed E-state index contributed by atoms with van der Waals surface area (Å²) in [6, 6.07) is 3.86. The minimum Gasteiger partial charge on any atom is -0.478 e. The van der Waals surface area contributed by atoms with Gasteiger partial charge in [-0.05, 0) is 38.3 Å². The highest BCUT2D eigenvalue weighted by molar-refractivity contribution is 5.88. The van der Waals surface area contributed by atoms with Crippen LogP contribution in [0.2, 0.25) is 0 Å². The average molecular weight is 234 g/mol. The van der Waals surface area contributed by atoms with Crippen molar-refractivity contribution in [1.29, 1.82) is 0 Å². The van der Waals surface area contributed by atoms with Crippen molar-refractivity contribution >= 4 is 11.8 Å². The monoisotopic (exact) mass is 234 g/mol. The van der Waals surface area contributed by atoms with E-state index in [9.17, 15) is 4.79 Å². The molecule has 4 nitrogen and oxygen atoms in total. The molecule has 4 heteroatoms. The number of anilines is 1. The zero-order valence-corrected chi connectivity index (χ0v) is 10.3. The summed E-state index contributed by atoms with van der Waals surface area (Å²) >= 11 is 0. The van der Waals surface area contributed by atoms with E-state index in [0.717, 1.165) is 24.5 Å². The zero-order chi connectivity index (χ0) is 12.4. The summed E-state index contributed by atoms with van der Waals surface area (Å²) in [5.74, 6) is -0.0734. The van der Waals surface area contributed by atoms with E-state index in [-0.39, 0.29) is 0 Å². The van der Waals surface area contributed by atoms with Gasteiger partial charge in [0.1, 0.15) is 5.82 Å². The minimum absolute atomic E-state index is 0.328. The summed E-state index contributed by atoms with van der Waals surface area (Å²) in [5.41, 5.74) is 1.09. The van der Waals surface area contributed by atoms with Gasteiger partial charge in [0.15, 0.2) is 0 Å². The Morgan fingerprint density at radius 3 is 2.76 bits per heavy atom. The predicted molar refractivity (Wildman–Crippen MR) is 66.6 cm³/mol. The Bertz CT molecular complexity index is 427. The van der Waals surface area contributed by atoms with Gasteiger partial charge in [0.05, 0.1) is 5.56 Å². The molecular formula is C13H18N2O2. The molecule has 1 aliphatic carbocycles. The molecule has 1 aromatic rings. The summed E-state index contributed by atoms with van der Waals surface area (Å²) < 4.78 is 0. The predicted octanol–water partition coefficient (Wildman–Crippen LogP) is 2.47. The number of carboxylic acids is 1. The fourth-order valence-electron chi connectivity index (χ4n) is 2.03. The maximum atomic E-state index is 11.0. The number of aromatic nitrogens is 1. The van der Waals surface area contributed by atoms with E-state index in [4.69, 9.17) is 5.11 Å². The van der Waals surface area contributed by atoms with Crippen molar-refractivity contribution in [3.05, 3.63) is 23.4 Å².